The highest BCUT2D eigenvalue weighted by molar-refractivity contribution is 7.91. The molecule has 0 fully saturated rings. The Balaban J connectivity index is 2.17. The van der Waals surface area contributed by atoms with E-state index in [9.17, 15) is 13.2 Å². The fourth-order valence-electron chi connectivity index (χ4n) is 1.88. The summed E-state index contributed by atoms with van der Waals surface area (Å²) in [6.07, 6.45) is 1.54. The fourth-order valence-corrected chi connectivity index (χ4v) is 3.05. The molecule has 0 aliphatic heterocycles. The van der Waals surface area contributed by atoms with Gasteiger partial charge in [-0.05, 0) is 19.1 Å². The van der Waals surface area contributed by atoms with Gasteiger partial charge in [0.25, 0.3) is 5.16 Å². The quantitative estimate of drug-likeness (QED) is 0.782. The molecule has 0 bridgehead atoms. The van der Waals surface area contributed by atoms with Gasteiger partial charge in [0.2, 0.25) is 15.7 Å². The molecule has 0 aliphatic rings. The van der Waals surface area contributed by atoms with Crippen LogP contribution in [0.5, 0.6) is 0 Å². The van der Waals surface area contributed by atoms with Crippen LogP contribution in [0.4, 0.5) is 0 Å². The van der Waals surface area contributed by atoms with Crippen LogP contribution in [-0.4, -0.2) is 54.4 Å². The van der Waals surface area contributed by atoms with E-state index in [0.29, 0.717) is 12.3 Å². The summed E-state index contributed by atoms with van der Waals surface area (Å²) in [5, 5.41) is 9.72. The van der Waals surface area contributed by atoms with E-state index in [2.05, 4.69) is 15.5 Å². The van der Waals surface area contributed by atoms with E-state index in [1.807, 2.05) is 0 Å². The van der Waals surface area contributed by atoms with E-state index >= 15 is 0 Å². The summed E-state index contributed by atoms with van der Waals surface area (Å²) in [4.78, 5) is 11.8. The maximum atomic E-state index is 12.2. The largest absolute Gasteiger partial charge is 0.383 e. The number of hydrogen-bond acceptors (Lipinski definition) is 6. The molecule has 9 heteroatoms. The van der Waals surface area contributed by atoms with Gasteiger partial charge in [0.1, 0.15) is 5.75 Å². The summed E-state index contributed by atoms with van der Waals surface area (Å²) in [6.45, 7) is 2.03. The molecule has 1 atom stereocenters. The Morgan fingerprint density at radius 2 is 2.19 bits per heavy atom. The fraction of sp³-hybridized carbons (Fsp3) is 0.417. The van der Waals surface area contributed by atoms with Crippen molar-refractivity contribution in [3.05, 3.63) is 24.4 Å². The Morgan fingerprint density at radius 3 is 2.90 bits per heavy atom. The zero-order valence-electron chi connectivity index (χ0n) is 11.7. The number of nitrogens with zero attached hydrogens (tertiary/aromatic N) is 3. The van der Waals surface area contributed by atoms with Crippen LogP contribution in [0.2, 0.25) is 0 Å². The zero-order chi connectivity index (χ0) is 15.5. The van der Waals surface area contributed by atoms with E-state index in [1.165, 1.54) is 17.7 Å². The average Bonchev–Trinajstić information content (AvgIpc) is 2.82. The van der Waals surface area contributed by atoms with E-state index < -0.39 is 21.5 Å². The van der Waals surface area contributed by atoms with E-state index in [4.69, 9.17) is 4.74 Å². The molecule has 2 rings (SSSR count). The van der Waals surface area contributed by atoms with Crippen molar-refractivity contribution in [1.82, 2.24) is 19.9 Å². The Morgan fingerprint density at radius 1 is 1.43 bits per heavy atom. The highest BCUT2D eigenvalue weighted by Gasteiger charge is 2.25. The first-order valence-corrected chi connectivity index (χ1v) is 7.90. The predicted octanol–water partition coefficient (Wildman–Crippen LogP) is -0.346. The van der Waals surface area contributed by atoms with Gasteiger partial charge in [-0.15, -0.1) is 10.2 Å². The summed E-state index contributed by atoms with van der Waals surface area (Å²) in [5.41, 5.74) is 0.407. The predicted molar refractivity (Wildman–Crippen MR) is 74.5 cm³/mol. The molecule has 2 aromatic rings. The highest BCUT2D eigenvalue weighted by atomic mass is 32.2. The highest BCUT2D eigenvalue weighted by Crippen LogP contribution is 2.10. The average molecular weight is 312 g/mol. The molecule has 1 amide bonds. The first-order chi connectivity index (χ1) is 9.94. The van der Waals surface area contributed by atoms with Crippen molar-refractivity contribution in [3.8, 4) is 0 Å². The number of rotatable bonds is 6. The number of aromatic nitrogens is 3. The Bertz CT molecular complexity index is 741. The summed E-state index contributed by atoms with van der Waals surface area (Å²) < 4.78 is 30.7. The monoisotopic (exact) mass is 312 g/mol. The number of methoxy groups -OCH3 is 1. The number of pyridine rings is 1. The second-order valence-corrected chi connectivity index (χ2v) is 6.48. The van der Waals surface area contributed by atoms with Gasteiger partial charge in [-0.25, -0.2) is 8.42 Å². The molecule has 21 heavy (non-hydrogen) atoms. The lowest BCUT2D eigenvalue weighted by molar-refractivity contribution is -0.119. The van der Waals surface area contributed by atoms with Gasteiger partial charge in [0.05, 0.1) is 6.61 Å². The number of sulfone groups is 1. The summed E-state index contributed by atoms with van der Waals surface area (Å²) in [6, 6.07) is 4.75. The SMILES string of the molecule is COCC(C)NC(=O)CS(=O)(=O)c1nnc2ccccn12. The Labute approximate surface area is 122 Å². The van der Waals surface area contributed by atoms with Gasteiger partial charge in [0.15, 0.2) is 5.65 Å². The molecular weight excluding hydrogens is 296 g/mol. The molecule has 0 saturated heterocycles. The van der Waals surface area contributed by atoms with Crippen LogP contribution in [0.3, 0.4) is 0 Å². The van der Waals surface area contributed by atoms with E-state index in [0.717, 1.165) is 0 Å². The van der Waals surface area contributed by atoms with Crippen molar-refractivity contribution in [3.63, 3.8) is 0 Å². The molecule has 114 valence electrons. The van der Waals surface area contributed by atoms with Crippen molar-refractivity contribution < 1.29 is 17.9 Å². The third-order valence-electron chi connectivity index (χ3n) is 2.71. The van der Waals surface area contributed by atoms with Crippen LogP contribution in [0.25, 0.3) is 5.65 Å². The van der Waals surface area contributed by atoms with Gasteiger partial charge >= 0.3 is 0 Å². The van der Waals surface area contributed by atoms with E-state index in [1.54, 1.807) is 25.1 Å². The van der Waals surface area contributed by atoms with Crippen LogP contribution in [-0.2, 0) is 19.4 Å². The lowest BCUT2D eigenvalue weighted by Gasteiger charge is -2.12. The van der Waals surface area contributed by atoms with Crippen molar-refractivity contribution in [2.24, 2.45) is 0 Å². The van der Waals surface area contributed by atoms with E-state index in [-0.39, 0.29) is 11.2 Å². The lowest BCUT2D eigenvalue weighted by atomic mass is 10.3. The maximum absolute atomic E-state index is 12.2. The molecule has 0 spiro atoms. The molecular formula is C12H16N4O4S. The third kappa shape index (κ3) is 3.56. The Kier molecular flexibility index (Phi) is 4.53. The maximum Gasteiger partial charge on any atom is 0.254 e. The molecule has 2 aromatic heterocycles. The van der Waals surface area contributed by atoms with Crippen LogP contribution in [0.1, 0.15) is 6.92 Å². The third-order valence-corrected chi connectivity index (χ3v) is 4.18. The van der Waals surface area contributed by atoms with Crippen LogP contribution in [0, 0.1) is 0 Å². The molecule has 1 unspecified atom stereocenters. The first-order valence-electron chi connectivity index (χ1n) is 6.25. The number of fused-ring (bicyclic) bond motifs is 1. The van der Waals surface area contributed by atoms with Gasteiger partial charge in [-0.2, -0.15) is 0 Å². The zero-order valence-corrected chi connectivity index (χ0v) is 12.5. The standard InChI is InChI=1S/C12H16N4O4S/c1-9(7-20-2)13-11(17)8-21(18,19)12-15-14-10-5-3-4-6-16(10)12/h3-6,9H,7-8H2,1-2H3,(H,13,17). The number of hydrogen-bond donors (Lipinski definition) is 1. The summed E-state index contributed by atoms with van der Waals surface area (Å²) in [5.74, 6) is -1.29. The molecule has 8 nitrogen and oxygen atoms in total. The van der Waals surface area contributed by atoms with Gasteiger partial charge < -0.3 is 10.1 Å². The molecule has 0 aliphatic carbocycles. The Hall–Kier alpha value is -2.00. The van der Waals surface area contributed by atoms with Gasteiger partial charge in [-0.1, -0.05) is 6.07 Å². The second-order valence-electron chi connectivity index (χ2n) is 4.59. The van der Waals surface area contributed by atoms with Crippen molar-refractivity contribution in [1.29, 1.82) is 0 Å². The van der Waals surface area contributed by atoms with Gasteiger partial charge in [-0.3, -0.25) is 9.20 Å². The van der Waals surface area contributed by atoms with Crippen molar-refractivity contribution >= 4 is 21.4 Å². The normalized spacial score (nSPS) is 13.2. The summed E-state index contributed by atoms with van der Waals surface area (Å²) >= 11 is 0. The lowest BCUT2D eigenvalue weighted by Crippen LogP contribution is -2.39. The number of carbonyl (C=O) groups excluding carboxylic acids is 1. The number of amides is 1. The number of carbonyl (C=O) groups is 1. The molecule has 0 aromatic carbocycles. The van der Waals surface area contributed by atoms with Crippen molar-refractivity contribution in [2.45, 2.75) is 18.1 Å². The summed E-state index contributed by atoms with van der Waals surface area (Å²) in [7, 11) is -2.37. The molecule has 0 saturated carbocycles. The van der Waals surface area contributed by atoms with Gasteiger partial charge in [0, 0.05) is 19.3 Å². The second kappa shape index (κ2) is 6.19. The van der Waals surface area contributed by atoms with Crippen molar-refractivity contribution in [2.75, 3.05) is 19.5 Å². The topological polar surface area (TPSA) is 103 Å². The minimum absolute atomic E-state index is 0.243. The molecule has 0 radical (unpaired) electrons. The van der Waals surface area contributed by atoms with Crippen LogP contribution < -0.4 is 5.32 Å². The van der Waals surface area contributed by atoms with Crippen LogP contribution >= 0.6 is 0 Å². The first kappa shape index (κ1) is 15.4. The number of ether oxygens (including phenoxy) is 1. The molecule has 1 N–H and O–H groups in total. The minimum atomic E-state index is -3.87. The smallest absolute Gasteiger partial charge is 0.254 e. The molecule has 2 heterocycles. The minimum Gasteiger partial charge on any atom is -0.383 e. The van der Waals surface area contributed by atoms with Crippen LogP contribution in [0.15, 0.2) is 29.6 Å². The number of nitrogens with one attached hydrogen (secondary N) is 1.